The molecular weight excluding hydrogens is 297 g/mol. The molecule has 22 heavy (non-hydrogen) atoms. The molecule has 0 saturated heterocycles. The highest BCUT2D eigenvalue weighted by atomic mass is 19.4. The highest BCUT2D eigenvalue weighted by molar-refractivity contribution is 6.03. The number of aryl methyl sites for hydroxylation is 1. The number of anilines is 1. The quantitative estimate of drug-likeness (QED) is 0.746. The van der Waals surface area contributed by atoms with Crippen molar-refractivity contribution in [2.24, 2.45) is 4.99 Å². The van der Waals surface area contributed by atoms with E-state index in [1.807, 2.05) is 0 Å². The molecule has 1 aliphatic rings. The van der Waals surface area contributed by atoms with Crippen molar-refractivity contribution in [1.82, 2.24) is 10.6 Å². The molecule has 0 atom stereocenters. The van der Waals surface area contributed by atoms with Crippen molar-refractivity contribution in [3.63, 3.8) is 0 Å². The molecule has 1 aromatic carbocycles. The van der Waals surface area contributed by atoms with Crippen molar-refractivity contribution in [2.75, 3.05) is 18.4 Å². The van der Waals surface area contributed by atoms with Crippen molar-refractivity contribution >= 4 is 17.7 Å². The maximum absolute atomic E-state index is 13.0. The second kappa shape index (κ2) is 6.67. The third kappa shape index (κ3) is 4.12. The number of nitrogens with one attached hydrogen (secondary N) is 3. The lowest BCUT2D eigenvalue weighted by atomic mass is 10.1. The number of aliphatic imine (C=N–C) groups is 1. The van der Waals surface area contributed by atoms with Gasteiger partial charge in [0.05, 0.1) is 11.3 Å². The van der Waals surface area contributed by atoms with Gasteiger partial charge in [-0.25, -0.2) is 4.79 Å². The zero-order chi connectivity index (χ0) is 16.2. The van der Waals surface area contributed by atoms with Crippen LogP contribution in [0, 0.1) is 6.92 Å². The third-order valence-electron chi connectivity index (χ3n) is 3.20. The van der Waals surface area contributed by atoms with Crippen molar-refractivity contribution in [3.05, 3.63) is 29.3 Å². The molecular formula is C14H17F3N4O. The zero-order valence-electron chi connectivity index (χ0n) is 12.0. The second-order valence-corrected chi connectivity index (χ2v) is 4.94. The Morgan fingerprint density at radius 3 is 2.77 bits per heavy atom. The normalized spacial score (nSPS) is 15.4. The van der Waals surface area contributed by atoms with Crippen LogP contribution in [0.3, 0.4) is 0 Å². The molecule has 0 unspecified atom stereocenters. The molecule has 3 N–H and O–H groups in total. The van der Waals surface area contributed by atoms with Crippen LogP contribution >= 0.6 is 0 Å². The summed E-state index contributed by atoms with van der Waals surface area (Å²) < 4.78 is 38.9. The first-order valence-electron chi connectivity index (χ1n) is 6.91. The Hall–Kier alpha value is -2.25. The largest absolute Gasteiger partial charge is 0.418 e. The molecule has 0 saturated carbocycles. The van der Waals surface area contributed by atoms with Crippen LogP contribution in [-0.2, 0) is 6.18 Å². The predicted molar refractivity (Wildman–Crippen MR) is 77.9 cm³/mol. The predicted octanol–water partition coefficient (Wildman–Crippen LogP) is 2.87. The first-order chi connectivity index (χ1) is 10.4. The summed E-state index contributed by atoms with van der Waals surface area (Å²) in [6, 6.07) is 2.99. The summed E-state index contributed by atoms with van der Waals surface area (Å²) in [7, 11) is 0. The Bertz CT molecular complexity index is 584. The lowest BCUT2D eigenvalue weighted by molar-refractivity contribution is -0.136. The van der Waals surface area contributed by atoms with E-state index in [-0.39, 0.29) is 11.6 Å². The van der Waals surface area contributed by atoms with Crippen LogP contribution in [0.15, 0.2) is 23.2 Å². The van der Waals surface area contributed by atoms with Gasteiger partial charge in [-0.3, -0.25) is 10.3 Å². The molecule has 2 rings (SSSR count). The standard InChI is InChI=1S/C14H17F3N4O/c1-9-5-4-6-10(14(15,16)17)11(9)20-13(22)21-12-18-7-2-3-8-19-12/h4-6H,2-3,7-8H2,1H3,(H3,18,19,20,21,22). The summed E-state index contributed by atoms with van der Waals surface area (Å²) in [6.45, 7) is 2.74. The summed E-state index contributed by atoms with van der Waals surface area (Å²) in [5, 5.41) is 7.61. The van der Waals surface area contributed by atoms with Crippen molar-refractivity contribution < 1.29 is 18.0 Å². The number of rotatable bonds is 1. The molecule has 0 radical (unpaired) electrons. The first kappa shape index (κ1) is 16.1. The minimum Gasteiger partial charge on any atom is -0.356 e. The second-order valence-electron chi connectivity index (χ2n) is 4.94. The number of nitrogens with zero attached hydrogens (tertiary/aromatic N) is 1. The molecule has 120 valence electrons. The molecule has 2 amide bonds. The van der Waals surface area contributed by atoms with Crippen LogP contribution < -0.4 is 16.0 Å². The van der Waals surface area contributed by atoms with Crippen molar-refractivity contribution in [3.8, 4) is 0 Å². The van der Waals surface area contributed by atoms with Crippen LogP contribution in [0.1, 0.15) is 24.0 Å². The van der Waals surface area contributed by atoms with Gasteiger partial charge in [-0.2, -0.15) is 13.2 Å². The SMILES string of the molecule is Cc1cccc(C(F)(F)F)c1NC(=O)NC1=NCCCCN1. The number of carbonyl (C=O) groups excluding carboxylic acids is 1. The fraction of sp³-hybridized carbons (Fsp3) is 0.429. The number of hydrogen-bond acceptors (Lipinski definition) is 3. The van der Waals surface area contributed by atoms with E-state index in [0.29, 0.717) is 18.7 Å². The Morgan fingerprint density at radius 2 is 2.05 bits per heavy atom. The number of alkyl halides is 3. The highest BCUT2D eigenvalue weighted by Crippen LogP contribution is 2.36. The van der Waals surface area contributed by atoms with Gasteiger partial charge in [0.15, 0.2) is 5.96 Å². The maximum Gasteiger partial charge on any atom is 0.418 e. The fourth-order valence-electron chi connectivity index (χ4n) is 2.10. The van der Waals surface area contributed by atoms with Crippen LogP contribution in [0.4, 0.5) is 23.7 Å². The van der Waals surface area contributed by atoms with Crippen LogP contribution in [0.5, 0.6) is 0 Å². The summed E-state index contributed by atoms with van der Waals surface area (Å²) in [6.07, 6.45) is -2.71. The molecule has 1 heterocycles. The smallest absolute Gasteiger partial charge is 0.356 e. The zero-order valence-corrected chi connectivity index (χ0v) is 12.0. The number of halogens is 3. The molecule has 8 heteroatoms. The van der Waals surface area contributed by atoms with E-state index in [1.54, 1.807) is 0 Å². The van der Waals surface area contributed by atoms with Gasteiger partial charge in [0.2, 0.25) is 0 Å². The molecule has 0 aromatic heterocycles. The van der Waals surface area contributed by atoms with Gasteiger partial charge in [-0.1, -0.05) is 12.1 Å². The van der Waals surface area contributed by atoms with Crippen molar-refractivity contribution in [2.45, 2.75) is 25.9 Å². The summed E-state index contributed by atoms with van der Waals surface area (Å²) in [5.41, 5.74) is -0.791. The highest BCUT2D eigenvalue weighted by Gasteiger charge is 2.34. The minimum atomic E-state index is -4.54. The minimum absolute atomic E-state index is 0.248. The molecule has 0 aliphatic carbocycles. The maximum atomic E-state index is 13.0. The van der Waals surface area contributed by atoms with Crippen molar-refractivity contribution in [1.29, 1.82) is 0 Å². The molecule has 0 fully saturated rings. The van der Waals surface area contributed by atoms with E-state index in [9.17, 15) is 18.0 Å². The summed E-state index contributed by atoms with van der Waals surface area (Å²) in [4.78, 5) is 16.0. The van der Waals surface area contributed by atoms with Gasteiger partial charge in [0.1, 0.15) is 0 Å². The van der Waals surface area contributed by atoms with E-state index in [1.165, 1.54) is 19.1 Å². The lowest BCUT2D eigenvalue weighted by Gasteiger charge is -2.17. The number of urea groups is 1. The molecule has 1 aliphatic heterocycles. The fourth-order valence-corrected chi connectivity index (χ4v) is 2.10. The number of hydrogen-bond donors (Lipinski definition) is 3. The van der Waals surface area contributed by atoms with E-state index >= 15 is 0 Å². The lowest BCUT2D eigenvalue weighted by Crippen LogP contribution is -2.43. The number of benzene rings is 1. The first-order valence-corrected chi connectivity index (χ1v) is 6.91. The Labute approximate surface area is 126 Å². The van der Waals surface area contributed by atoms with Gasteiger partial charge in [-0.15, -0.1) is 0 Å². The summed E-state index contributed by atoms with van der Waals surface area (Å²) >= 11 is 0. The monoisotopic (exact) mass is 314 g/mol. The molecule has 0 spiro atoms. The Kier molecular flexibility index (Phi) is 4.89. The Balaban J connectivity index is 2.13. The van der Waals surface area contributed by atoms with Crippen LogP contribution in [-0.4, -0.2) is 25.1 Å². The van der Waals surface area contributed by atoms with E-state index in [2.05, 4.69) is 20.9 Å². The van der Waals surface area contributed by atoms with Gasteiger partial charge in [0.25, 0.3) is 0 Å². The number of guanidine groups is 1. The van der Waals surface area contributed by atoms with E-state index in [4.69, 9.17) is 0 Å². The van der Waals surface area contributed by atoms with Gasteiger partial charge >= 0.3 is 12.2 Å². The van der Waals surface area contributed by atoms with Gasteiger partial charge in [-0.05, 0) is 31.4 Å². The number of amides is 2. The average molecular weight is 314 g/mol. The van der Waals surface area contributed by atoms with E-state index < -0.39 is 17.8 Å². The topological polar surface area (TPSA) is 65.5 Å². The number of carbonyl (C=O) groups is 1. The molecule has 0 bridgehead atoms. The van der Waals surface area contributed by atoms with Crippen LogP contribution in [0.2, 0.25) is 0 Å². The molecule has 5 nitrogen and oxygen atoms in total. The van der Waals surface area contributed by atoms with Crippen LogP contribution in [0.25, 0.3) is 0 Å². The van der Waals surface area contributed by atoms with Gasteiger partial charge < -0.3 is 10.6 Å². The number of para-hydroxylation sites is 1. The summed E-state index contributed by atoms with van der Waals surface area (Å²) in [5.74, 6) is 0.275. The third-order valence-corrected chi connectivity index (χ3v) is 3.20. The molecule has 1 aromatic rings. The van der Waals surface area contributed by atoms with Gasteiger partial charge in [0, 0.05) is 13.1 Å². The van der Waals surface area contributed by atoms with E-state index in [0.717, 1.165) is 18.9 Å². The Morgan fingerprint density at radius 1 is 1.27 bits per heavy atom. The average Bonchev–Trinajstić information content (AvgIpc) is 2.68.